The summed E-state index contributed by atoms with van der Waals surface area (Å²) in [6, 6.07) is 2.90. The van der Waals surface area contributed by atoms with E-state index in [1.165, 1.54) is 34.8 Å². The standard InChI is InChI=1S/C29H39NO12S2/c1-12-5-15-16(10-33)19(40-2)7-20-22(15)24(36)21(12)18(34)6-14(9-32)44-43-11-17(13(8-30)3-4-31)23(35)28-26(38)25(37)27(39)29(41-20)42-28/h4-5,7,13-14,17,23,25-29,32-33,35-39H,3,6,8-11,30H2,1-2H3/t13-,14+,17+,23-,25-,26-,27+,28+,29-/m0/s1. The summed E-state index contributed by atoms with van der Waals surface area (Å²) >= 11 is 0. The Kier molecular flexibility index (Phi) is 11.8. The largest absolute Gasteiger partial charge is 0.506 e. The Bertz CT molecular complexity index is 1350. The molecule has 44 heavy (non-hydrogen) atoms. The molecule has 13 nitrogen and oxygen atoms in total. The summed E-state index contributed by atoms with van der Waals surface area (Å²) in [5, 5.41) is 75.6. The number of aliphatic hydroxyl groups is 6. The first-order chi connectivity index (χ1) is 21.0. The van der Waals surface area contributed by atoms with Crippen molar-refractivity contribution in [1.29, 1.82) is 0 Å². The molecule has 2 aromatic carbocycles. The van der Waals surface area contributed by atoms with Gasteiger partial charge in [0.15, 0.2) is 5.78 Å². The number of nitrogens with two attached hydrogens (primary N) is 1. The first-order valence-corrected chi connectivity index (χ1v) is 16.5. The van der Waals surface area contributed by atoms with E-state index in [0.29, 0.717) is 11.8 Å². The molecule has 9 atom stereocenters. The number of phenolic OH excluding ortho intramolecular Hbond substituents is 1. The van der Waals surface area contributed by atoms with E-state index in [1.807, 2.05) is 0 Å². The summed E-state index contributed by atoms with van der Waals surface area (Å²) < 4.78 is 17.4. The Labute approximate surface area is 261 Å². The maximum atomic E-state index is 13.6. The molecule has 0 saturated carbocycles. The van der Waals surface area contributed by atoms with Crippen LogP contribution in [0, 0.1) is 18.8 Å². The van der Waals surface area contributed by atoms with Crippen molar-refractivity contribution < 1.29 is 59.5 Å². The van der Waals surface area contributed by atoms with E-state index in [2.05, 4.69) is 0 Å². The number of ether oxygens (including phenoxy) is 3. The Balaban J connectivity index is 1.93. The molecule has 1 saturated heterocycles. The van der Waals surface area contributed by atoms with Gasteiger partial charge in [0.05, 0.1) is 37.4 Å². The van der Waals surface area contributed by atoms with Crippen LogP contribution in [0.2, 0.25) is 0 Å². The van der Waals surface area contributed by atoms with Crippen LogP contribution in [0.3, 0.4) is 0 Å². The van der Waals surface area contributed by atoms with E-state index in [-0.39, 0.29) is 65.1 Å². The molecule has 0 amide bonds. The van der Waals surface area contributed by atoms with Crippen molar-refractivity contribution in [1.82, 2.24) is 0 Å². The molecule has 2 aliphatic rings. The van der Waals surface area contributed by atoms with Crippen LogP contribution >= 0.6 is 21.6 Å². The highest BCUT2D eigenvalue weighted by Gasteiger charge is 2.50. The third-order valence-electron chi connectivity index (χ3n) is 8.30. The highest BCUT2D eigenvalue weighted by Crippen LogP contribution is 2.46. The predicted octanol–water partition coefficient (Wildman–Crippen LogP) is 0.0108. The Hall–Kier alpha value is -2.18. The van der Waals surface area contributed by atoms with Crippen molar-refractivity contribution in [2.24, 2.45) is 17.6 Å². The number of aliphatic hydroxyl groups excluding tert-OH is 6. The Morgan fingerprint density at radius 3 is 2.48 bits per heavy atom. The van der Waals surface area contributed by atoms with Gasteiger partial charge < -0.3 is 60.5 Å². The van der Waals surface area contributed by atoms with Crippen molar-refractivity contribution in [3.05, 3.63) is 28.8 Å². The number of fused-ring (bicyclic) bond motifs is 3. The maximum Gasteiger partial charge on any atom is 0.229 e. The molecule has 4 bridgehead atoms. The number of carbonyl (C=O) groups is 2. The molecule has 0 spiro atoms. The van der Waals surface area contributed by atoms with Crippen LogP contribution in [-0.4, -0.2) is 116 Å². The lowest BCUT2D eigenvalue weighted by Gasteiger charge is -2.44. The summed E-state index contributed by atoms with van der Waals surface area (Å²) in [7, 11) is 3.75. The van der Waals surface area contributed by atoms with Crippen LogP contribution in [0.15, 0.2) is 12.1 Å². The van der Waals surface area contributed by atoms with Gasteiger partial charge in [0, 0.05) is 41.4 Å². The molecular weight excluding hydrogens is 618 g/mol. The van der Waals surface area contributed by atoms with Gasteiger partial charge in [-0.25, -0.2) is 0 Å². The van der Waals surface area contributed by atoms with E-state index in [1.54, 1.807) is 13.0 Å². The van der Waals surface area contributed by atoms with Crippen molar-refractivity contribution in [3.8, 4) is 17.2 Å². The summed E-state index contributed by atoms with van der Waals surface area (Å²) in [6.07, 6.45) is -9.64. The normalized spacial score (nSPS) is 30.6. The van der Waals surface area contributed by atoms with E-state index in [4.69, 9.17) is 19.9 Å². The minimum absolute atomic E-state index is 0.00368. The fourth-order valence-corrected chi connectivity index (χ4v) is 8.69. The molecule has 2 aliphatic heterocycles. The van der Waals surface area contributed by atoms with Crippen LogP contribution in [0.25, 0.3) is 10.8 Å². The zero-order chi connectivity index (χ0) is 32.3. The minimum atomic E-state index is -1.84. The molecule has 2 aromatic rings. The van der Waals surface area contributed by atoms with Crippen LogP contribution in [0.4, 0.5) is 0 Å². The molecule has 1 fully saturated rings. The predicted molar refractivity (Wildman–Crippen MR) is 163 cm³/mol. The van der Waals surface area contributed by atoms with E-state index >= 15 is 0 Å². The molecule has 244 valence electrons. The molecule has 0 aliphatic carbocycles. The number of methoxy groups -OCH3 is 1. The number of hydrogen-bond acceptors (Lipinski definition) is 15. The van der Waals surface area contributed by atoms with Gasteiger partial charge in [0.2, 0.25) is 6.29 Å². The zero-order valence-electron chi connectivity index (χ0n) is 24.2. The fraction of sp³-hybridized carbons (Fsp3) is 0.586. The topological polar surface area (TPSA) is 229 Å². The summed E-state index contributed by atoms with van der Waals surface area (Å²) in [6.45, 7) is 0.738. The van der Waals surface area contributed by atoms with Gasteiger partial charge in [-0.3, -0.25) is 4.79 Å². The number of phenols is 1. The van der Waals surface area contributed by atoms with Crippen LogP contribution in [0.5, 0.6) is 17.2 Å². The van der Waals surface area contributed by atoms with E-state index in [0.717, 1.165) is 0 Å². The van der Waals surface area contributed by atoms with Crippen molar-refractivity contribution in [3.63, 3.8) is 0 Å². The van der Waals surface area contributed by atoms with Gasteiger partial charge in [-0.15, -0.1) is 0 Å². The highest BCUT2D eigenvalue weighted by atomic mass is 33.1. The van der Waals surface area contributed by atoms with Crippen LogP contribution < -0.4 is 15.2 Å². The lowest BCUT2D eigenvalue weighted by atomic mass is 9.81. The third kappa shape index (κ3) is 6.67. The lowest BCUT2D eigenvalue weighted by Crippen LogP contribution is -2.63. The third-order valence-corrected chi connectivity index (χ3v) is 11.2. The Morgan fingerprint density at radius 2 is 1.86 bits per heavy atom. The monoisotopic (exact) mass is 657 g/mol. The first kappa shape index (κ1) is 34.7. The molecule has 0 aromatic heterocycles. The molecular formula is C29H39NO12S2. The number of Topliss-reactive ketones (excluding diaryl/α,β-unsaturated/α-hetero) is 1. The number of ketones is 1. The Morgan fingerprint density at radius 1 is 1.14 bits per heavy atom. The second kappa shape index (κ2) is 14.9. The molecule has 15 heteroatoms. The summed E-state index contributed by atoms with van der Waals surface area (Å²) in [4.78, 5) is 25.0. The number of benzene rings is 2. The summed E-state index contributed by atoms with van der Waals surface area (Å²) in [5.74, 6) is -2.10. The van der Waals surface area contributed by atoms with Crippen molar-refractivity contribution >= 4 is 44.4 Å². The molecule has 0 radical (unpaired) electrons. The SMILES string of the molecule is COc1cc2c3c(O)c(c(C)cc3c1CO)C(=O)C[C@H](CO)SSC[C@H]([C@H](CN)CC=O)[C@H](O)[C@H]1O[C@H](O2)[C@H](O)[C@@H](O)[C@@H]1O. The quantitative estimate of drug-likeness (QED) is 0.145. The number of aldehydes is 1. The molecule has 4 rings (SSSR count). The fourth-order valence-electron chi connectivity index (χ4n) is 5.85. The minimum Gasteiger partial charge on any atom is -0.506 e. The van der Waals surface area contributed by atoms with Gasteiger partial charge in [0.25, 0.3) is 0 Å². The molecule has 9 N–H and O–H groups in total. The second-order valence-electron chi connectivity index (χ2n) is 11.0. The van der Waals surface area contributed by atoms with Crippen molar-refractivity contribution in [2.45, 2.75) is 68.4 Å². The lowest BCUT2D eigenvalue weighted by molar-refractivity contribution is -0.292. The van der Waals surface area contributed by atoms with Crippen LogP contribution in [-0.2, 0) is 16.1 Å². The smallest absolute Gasteiger partial charge is 0.229 e. The van der Waals surface area contributed by atoms with E-state index in [9.17, 15) is 45.3 Å². The molecule has 0 unspecified atom stereocenters. The zero-order valence-corrected chi connectivity index (χ0v) is 25.9. The van der Waals surface area contributed by atoms with Gasteiger partial charge in [-0.1, -0.05) is 21.6 Å². The number of rotatable bonds is 7. The highest BCUT2D eigenvalue weighted by molar-refractivity contribution is 8.76. The number of hydrogen-bond donors (Lipinski definition) is 8. The van der Waals surface area contributed by atoms with Crippen LogP contribution in [0.1, 0.15) is 34.3 Å². The average Bonchev–Trinajstić information content (AvgIpc) is 3.00. The van der Waals surface area contributed by atoms with Gasteiger partial charge in [0.1, 0.15) is 48.0 Å². The number of carbonyl (C=O) groups excluding carboxylic acids is 2. The van der Waals surface area contributed by atoms with Gasteiger partial charge in [-0.05, 0) is 36.4 Å². The van der Waals surface area contributed by atoms with Crippen molar-refractivity contribution in [2.75, 3.05) is 26.0 Å². The van der Waals surface area contributed by atoms with Gasteiger partial charge >= 0.3 is 0 Å². The number of aryl methyl sites for hydroxylation is 1. The summed E-state index contributed by atoms with van der Waals surface area (Å²) in [5.41, 5.74) is 6.58. The van der Waals surface area contributed by atoms with E-state index < -0.39 is 72.0 Å². The molecule has 2 heterocycles. The first-order valence-electron chi connectivity index (χ1n) is 14.1. The average molecular weight is 658 g/mol. The number of aromatic hydroxyl groups is 1. The second-order valence-corrected chi connectivity index (χ2v) is 13.7. The maximum absolute atomic E-state index is 13.6. The van der Waals surface area contributed by atoms with Gasteiger partial charge in [-0.2, -0.15) is 0 Å².